The third-order valence-electron chi connectivity index (χ3n) is 4.26. The van der Waals surface area contributed by atoms with Crippen LogP contribution in [0.1, 0.15) is 18.4 Å². The third kappa shape index (κ3) is 2.53. The summed E-state index contributed by atoms with van der Waals surface area (Å²) in [7, 11) is 0. The van der Waals surface area contributed by atoms with Crippen LogP contribution in [0.15, 0.2) is 24.3 Å². The van der Waals surface area contributed by atoms with Crippen molar-refractivity contribution in [1.29, 1.82) is 0 Å². The zero-order valence-electron chi connectivity index (χ0n) is 11.2. The SMILES string of the molecule is O=C1CC2(CCN(C(=O)Cc3ccc(F)cc3)C2)CN1. The van der Waals surface area contributed by atoms with Crippen LogP contribution in [0.3, 0.4) is 0 Å². The lowest BCUT2D eigenvalue weighted by atomic mass is 9.86. The van der Waals surface area contributed by atoms with Gasteiger partial charge in [0.15, 0.2) is 0 Å². The van der Waals surface area contributed by atoms with E-state index >= 15 is 0 Å². The second-order valence-corrected chi connectivity index (χ2v) is 5.82. The van der Waals surface area contributed by atoms with Crippen molar-refractivity contribution in [3.63, 3.8) is 0 Å². The van der Waals surface area contributed by atoms with Crippen molar-refractivity contribution >= 4 is 11.8 Å². The summed E-state index contributed by atoms with van der Waals surface area (Å²) < 4.78 is 12.8. The first kappa shape index (κ1) is 13.1. The second kappa shape index (κ2) is 4.89. The van der Waals surface area contributed by atoms with Gasteiger partial charge in [-0.25, -0.2) is 4.39 Å². The average Bonchev–Trinajstić information content (AvgIpc) is 3.00. The van der Waals surface area contributed by atoms with Crippen LogP contribution < -0.4 is 5.32 Å². The number of halogens is 1. The van der Waals surface area contributed by atoms with Gasteiger partial charge < -0.3 is 10.2 Å². The number of carbonyl (C=O) groups excluding carboxylic acids is 2. The van der Waals surface area contributed by atoms with Crippen LogP contribution in [0.2, 0.25) is 0 Å². The van der Waals surface area contributed by atoms with Crippen molar-refractivity contribution in [1.82, 2.24) is 10.2 Å². The lowest BCUT2D eigenvalue weighted by molar-refractivity contribution is -0.130. The minimum absolute atomic E-state index is 0.0489. The zero-order chi connectivity index (χ0) is 14.2. The van der Waals surface area contributed by atoms with Gasteiger partial charge in [-0.05, 0) is 24.1 Å². The van der Waals surface area contributed by atoms with Gasteiger partial charge in [-0.2, -0.15) is 0 Å². The van der Waals surface area contributed by atoms with Gasteiger partial charge in [-0.3, -0.25) is 9.59 Å². The number of hydrogen-bond donors (Lipinski definition) is 1. The predicted octanol–water partition coefficient (Wildman–Crippen LogP) is 1.11. The van der Waals surface area contributed by atoms with Crippen LogP contribution >= 0.6 is 0 Å². The van der Waals surface area contributed by atoms with E-state index in [0.29, 0.717) is 26.1 Å². The highest BCUT2D eigenvalue weighted by molar-refractivity contribution is 5.81. The Labute approximate surface area is 117 Å². The number of benzene rings is 1. The van der Waals surface area contributed by atoms with Gasteiger partial charge in [0.1, 0.15) is 5.82 Å². The molecule has 106 valence electrons. The Balaban J connectivity index is 1.61. The molecule has 1 aromatic rings. The standard InChI is InChI=1S/C15H17FN2O2/c16-12-3-1-11(2-4-12)7-14(20)18-6-5-15(10-18)8-13(19)17-9-15/h1-4H,5-10H2,(H,17,19). The molecule has 4 nitrogen and oxygen atoms in total. The monoisotopic (exact) mass is 276 g/mol. The number of amides is 2. The van der Waals surface area contributed by atoms with Crippen molar-refractivity contribution < 1.29 is 14.0 Å². The van der Waals surface area contributed by atoms with E-state index in [2.05, 4.69) is 5.32 Å². The number of hydrogen-bond acceptors (Lipinski definition) is 2. The van der Waals surface area contributed by atoms with Gasteiger partial charge in [0.2, 0.25) is 11.8 Å². The highest BCUT2D eigenvalue weighted by Crippen LogP contribution is 2.36. The van der Waals surface area contributed by atoms with E-state index in [1.54, 1.807) is 12.1 Å². The van der Waals surface area contributed by atoms with Crippen molar-refractivity contribution in [3.05, 3.63) is 35.6 Å². The largest absolute Gasteiger partial charge is 0.355 e. The molecule has 0 bridgehead atoms. The van der Waals surface area contributed by atoms with E-state index in [1.807, 2.05) is 4.90 Å². The molecule has 2 heterocycles. The molecule has 0 aliphatic carbocycles. The molecule has 1 aromatic carbocycles. The summed E-state index contributed by atoms with van der Waals surface area (Å²) in [5.74, 6) is -0.164. The van der Waals surface area contributed by atoms with Gasteiger partial charge in [0.25, 0.3) is 0 Å². The van der Waals surface area contributed by atoms with E-state index < -0.39 is 0 Å². The highest BCUT2D eigenvalue weighted by atomic mass is 19.1. The van der Waals surface area contributed by atoms with Gasteiger partial charge in [0, 0.05) is 31.5 Å². The first-order chi connectivity index (χ1) is 9.56. The van der Waals surface area contributed by atoms with E-state index in [-0.39, 0.29) is 29.5 Å². The molecule has 2 fully saturated rings. The highest BCUT2D eigenvalue weighted by Gasteiger charge is 2.44. The molecule has 3 rings (SSSR count). The van der Waals surface area contributed by atoms with Crippen molar-refractivity contribution in [2.24, 2.45) is 5.41 Å². The molecule has 2 saturated heterocycles. The van der Waals surface area contributed by atoms with Crippen LogP contribution in [0.4, 0.5) is 4.39 Å². The molecular weight excluding hydrogens is 259 g/mol. The van der Waals surface area contributed by atoms with Crippen molar-refractivity contribution in [2.75, 3.05) is 19.6 Å². The number of nitrogens with one attached hydrogen (secondary N) is 1. The van der Waals surface area contributed by atoms with Crippen LogP contribution in [0.25, 0.3) is 0 Å². The van der Waals surface area contributed by atoms with E-state index in [1.165, 1.54) is 12.1 Å². The van der Waals surface area contributed by atoms with E-state index in [0.717, 1.165) is 12.0 Å². The van der Waals surface area contributed by atoms with Crippen molar-refractivity contribution in [2.45, 2.75) is 19.3 Å². The van der Waals surface area contributed by atoms with Crippen LogP contribution in [-0.4, -0.2) is 36.3 Å². The minimum atomic E-state index is -0.295. The minimum Gasteiger partial charge on any atom is -0.355 e. The molecule has 0 saturated carbocycles. The Morgan fingerprint density at radius 3 is 2.75 bits per heavy atom. The molecule has 2 amide bonds. The quantitative estimate of drug-likeness (QED) is 0.879. The lowest BCUT2D eigenvalue weighted by Gasteiger charge is -2.21. The maximum absolute atomic E-state index is 12.8. The molecule has 2 aliphatic rings. The number of likely N-dealkylation sites (tertiary alicyclic amines) is 1. The van der Waals surface area contributed by atoms with Gasteiger partial charge >= 0.3 is 0 Å². The zero-order valence-corrected chi connectivity index (χ0v) is 11.2. The maximum Gasteiger partial charge on any atom is 0.227 e. The molecule has 1 unspecified atom stereocenters. The van der Waals surface area contributed by atoms with Gasteiger partial charge in [-0.1, -0.05) is 12.1 Å². The first-order valence-electron chi connectivity index (χ1n) is 6.85. The summed E-state index contributed by atoms with van der Waals surface area (Å²) in [6.07, 6.45) is 1.69. The number of carbonyl (C=O) groups is 2. The maximum atomic E-state index is 12.8. The molecule has 0 radical (unpaired) electrons. The van der Waals surface area contributed by atoms with E-state index in [9.17, 15) is 14.0 Å². The van der Waals surface area contributed by atoms with Crippen LogP contribution in [-0.2, 0) is 16.0 Å². The summed E-state index contributed by atoms with van der Waals surface area (Å²) in [6, 6.07) is 6.01. The fourth-order valence-corrected chi connectivity index (χ4v) is 3.08. The Morgan fingerprint density at radius 1 is 1.35 bits per heavy atom. The summed E-state index contributed by atoms with van der Waals surface area (Å²) in [6.45, 7) is 2.02. The topological polar surface area (TPSA) is 49.4 Å². The summed E-state index contributed by atoms with van der Waals surface area (Å²) >= 11 is 0. The molecule has 0 aromatic heterocycles. The van der Waals surface area contributed by atoms with Crippen LogP contribution in [0, 0.1) is 11.2 Å². The average molecular weight is 276 g/mol. The normalized spacial score (nSPS) is 25.2. The van der Waals surface area contributed by atoms with Crippen LogP contribution in [0.5, 0.6) is 0 Å². The number of nitrogens with zero attached hydrogens (tertiary/aromatic N) is 1. The fraction of sp³-hybridized carbons (Fsp3) is 0.467. The summed E-state index contributed by atoms with van der Waals surface area (Å²) in [5, 5.41) is 2.85. The first-order valence-corrected chi connectivity index (χ1v) is 6.85. The van der Waals surface area contributed by atoms with Gasteiger partial charge in [-0.15, -0.1) is 0 Å². The Kier molecular flexibility index (Phi) is 3.20. The van der Waals surface area contributed by atoms with Crippen molar-refractivity contribution in [3.8, 4) is 0 Å². The third-order valence-corrected chi connectivity index (χ3v) is 4.26. The smallest absolute Gasteiger partial charge is 0.227 e. The second-order valence-electron chi connectivity index (χ2n) is 5.82. The molecular formula is C15H17FN2O2. The predicted molar refractivity (Wildman–Crippen MR) is 71.4 cm³/mol. The Morgan fingerprint density at radius 2 is 2.10 bits per heavy atom. The summed E-state index contributed by atoms with van der Waals surface area (Å²) in [4.78, 5) is 25.4. The van der Waals surface area contributed by atoms with E-state index in [4.69, 9.17) is 0 Å². The molecule has 2 aliphatic heterocycles. The Hall–Kier alpha value is -1.91. The summed E-state index contributed by atoms with van der Waals surface area (Å²) in [5.41, 5.74) is 0.758. The molecule has 20 heavy (non-hydrogen) atoms. The fourth-order valence-electron chi connectivity index (χ4n) is 3.08. The molecule has 1 spiro atoms. The lowest BCUT2D eigenvalue weighted by Crippen LogP contribution is -2.34. The van der Waals surface area contributed by atoms with Gasteiger partial charge in [0.05, 0.1) is 6.42 Å². The number of rotatable bonds is 2. The molecule has 1 N–H and O–H groups in total. The molecule has 1 atom stereocenters. The molecule has 5 heteroatoms. The Bertz CT molecular complexity index is 543.